The molecule has 0 bridgehead atoms. The van der Waals surface area contributed by atoms with Gasteiger partial charge in [0.1, 0.15) is 0 Å². The number of nitrogens with one attached hydrogen (secondary N) is 2. The van der Waals surface area contributed by atoms with Crippen molar-refractivity contribution in [3.63, 3.8) is 0 Å². The maximum atomic E-state index is 11.9. The van der Waals surface area contributed by atoms with Gasteiger partial charge in [0.25, 0.3) is 0 Å². The van der Waals surface area contributed by atoms with Crippen molar-refractivity contribution in [3.05, 3.63) is 24.0 Å². The third kappa shape index (κ3) is 4.05. The smallest absolute Gasteiger partial charge is 0.321 e. The highest BCUT2D eigenvalue weighted by molar-refractivity contribution is 5.95. The predicted molar refractivity (Wildman–Crippen MR) is 77.8 cm³/mol. The third-order valence-corrected chi connectivity index (χ3v) is 3.66. The van der Waals surface area contributed by atoms with Gasteiger partial charge in [0.15, 0.2) is 0 Å². The van der Waals surface area contributed by atoms with Crippen LogP contribution in [0.4, 0.5) is 4.79 Å². The van der Waals surface area contributed by atoms with Crippen LogP contribution in [0.15, 0.2) is 18.3 Å². The first-order valence-electron chi connectivity index (χ1n) is 7.07. The van der Waals surface area contributed by atoms with E-state index >= 15 is 0 Å². The van der Waals surface area contributed by atoms with E-state index in [0.717, 1.165) is 13.1 Å². The standard InChI is InChI=1S/C14H22N4O3/c1-11-12-4-3-6-17(12)7-8-18(11)10-13(19)16-14(20)15-5-9-21-2/h3-4,6,11H,5,7-10H2,1-2H3,(H2,15,16,19,20)/t11-/m1/s1. The number of imide groups is 1. The van der Waals surface area contributed by atoms with E-state index < -0.39 is 6.03 Å². The highest BCUT2D eigenvalue weighted by Crippen LogP contribution is 2.24. The Kier molecular flexibility index (Phi) is 5.35. The Morgan fingerprint density at radius 2 is 2.24 bits per heavy atom. The molecule has 0 saturated heterocycles. The Balaban J connectivity index is 1.79. The molecular weight excluding hydrogens is 272 g/mol. The summed E-state index contributed by atoms with van der Waals surface area (Å²) in [5.74, 6) is -0.295. The van der Waals surface area contributed by atoms with Crippen molar-refractivity contribution in [3.8, 4) is 0 Å². The molecule has 7 heteroatoms. The molecule has 0 aromatic carbocycles. The minimum Gasteiger partial charge on any atom is -0.383 e. The summed E-state index contributed by atoms with van der Waals surface area (Å²) in [6, 6.07) is 3.76. The fourth-order valence-corrected chi connectivity index (χ4v) is 2.50. The molecule has 1 aliphatic rings. The largest absolute Gasteiger partial charge is 0.383 e. The molecule has 0 unspecified atom stereocenters. The molecule has 0 saturated carbocycles. The summed E-state index contributed by atoms with van der Waals surface area (Å²) in [6.07, 6.45) is 2.05. The number of ether oxygens (including phenoxy) is 1. The van der Waals surface area contributed by atoms with E-state index in [1.165, 1.54) is 5.69 Å². The van der Waals surface area contributed by atoms with Crippen LogP contribution in [0.25, 0.3) is 0 Å². The number of rotatable bonds is 5. The van der Waals surface area contributed by atoms with E-state index in [-0.39, 0.29) is 18.5 Å². The number of hydrogen-bond acceptors (Lipinski definition) is 4. The molecule has 21 heavy (non-hydrogen) atoms. The van der Waals surface area contributed by atoms with E-state index in [1.807, 2.05) is 12.3 Å². The fourth-order valence-electron chi connectivity index (χ4n) is 2.50. The van der Waals surface area contributed by atoms with Crippen molar-refractivity contribution >= 4 is 11.9 Å². The number of amides is 3. The van der Waals surface area contributed by atoms with Gasteiger partial charge in [-0.15, -0.1) is 0 Å². The van der Waals surface area contributed by atoms with Crippen LogP contribution < -0.4 is 10.6 Å². The van der Waals surface area contributed by atoms with Crippen molar-refractivity contribution in [1.29, 1.82) is 0 Å². The molecule has 1 atom stereocenters. The summed E-state index contributed by atoms with van der Waals surface area (Å²) in [4.78, 5) is 25.4. The van der Waals surface area contributed by atoms with E-state index in [4.69, 9.17) is 4.74 Å². The molecule has 0 spiro atoms. The van der Waals surface area contributed by atoms with Gasteiger partial charge in [-0.3, -0.25) is 15.0 Å². The summed E-state index contributed by atoms with van der Waals surface area (Å²) < 4.78 is 7.01. The lowest BCUT2D eigenvalue weighted by Crippen LogP contribution is -2.47. The van der Waals surface area contributed by atoms with Crippen molar-refractivity contribution in [2.45, 2.75) is 19.5 Å². The maximum absolute atomic E-state index is 11.9. The van der Waals surface area contributed by atoms with Crippen LogP contribution in [0, 0.1) is 0 Å². The number of hydrogen-bond donors (Lipinski definition) is 2. The first-order chi connectivity index (χ1) is 10.1. The number of nitrogens with zero attached hydrogens (tertiary/aromatic N) is 2. The highest BCUT2D eigenvalue weighted by Gasteiger charge is 2.25. The van der Waals surface area contributed by atoms with Gasteiger partial charge in [-0.05, 0) is 19.1 Å². The minimum absolute atomic E-state index is 0.163. The number of aromatic nitrogens is 1. The van der Waals surface area contributed by atoms with Crippen LogP contribution >= 0.6 is 0 Å². The quantitative estimate of drug-likeness (QED) is 0.768. The molecule has 7 nitrogen and oxygen atoms in total. The number of carbonyl (C=O) groups is 2. The maximum Gasteiger partial charge on any atom is 0.321 e. The Bertz CT molecular complexity index is 500. The van der Waals surface area contributed by atoms with Crippen LogP contribution in [0.3, 0.4) is 0 Å². The van der Waals surface area contributed by atoms with Gasteiger partial charge in [0, 0.05) is 44.7 Å². The van der Waals surface area contributed by atoms with Crippen molar-refractivity contribution in [2.75, 3.05) is 33.4 Å². The Labute approximate surface area is 124 Å². The monoisotopic (exact) mass is 294 g/mol. The van der Waals surface area contributed by atoms with Crippen LogP contribution in [0.1, 0.15) is 18.7 Å². The van der Waals surface area contributed by atoms with Gasteiger partial charge in [0.2, 0.25) is 5.91 Å². The molecule has 3 amide bonds. The summed E-state index contributed by atoms with van der Waals surface area (Å²) in [5.41, 5.74) is 1.19. The SMILES string of the molecule is COCCNC(=O)NC(=O)CN1CCn2cccc2[C@H]1C. The van der Waals surface area contributed by atoms with Crippen LogP contribution in [-0.2, 0) is 16.1 Å². The van der Waals surface area contributed by atoms with Crippen molar-refractivity contribution < 1.29 is 14.3 Å². The van der Waals surface area contributed by atoms with Crippen LogP contribution in [0.2, 0.25) is 0 Å². The van der Waals surface area contributed by atoms with Gasteiger partial charge < -0.3 is 14.6 Å². The molecular formula is C14H22N4O3. The van der Waals surface area contributed by atoms with Gasteiger partial charge in [0.05, 0.1) is 13.2 Å². The van der Waals surface area contributed by atoms with E-state index in [2.05, 4.69) is 33.1 Å². The molecule has 2 N–H and O–H groups in total. The van der Waals surface area contributed by atoms with Crippen molar-refractivity contribution in [2.24, 2.45) is 0 Å². The lowest BCUT2D eigenvalue weighted by molar-refractivity contribution is -0.121. The summed E-state index contributed by atoms with van der Waals surface area (Å²) in [7, 11) is 1.55. The second-order valence-electron chi connectivity index (χ2n) is 5.07. The molecule has 0 aliphatic carbocycles. The van der Waals surface area contributed by atoms with Gasteiger partial charge in [-0.25, -0.2) is 4.79 Å². The van der Waals surface area contributed by atoms with E-state index in [1.54, 1.807) is 7.11 Å². The lowest BCUT2D eigenvalue weighted by Gasteiger charge is -2.34. The average molecular weight is 294 g/mol. The summed E-state index contributed by atoms with van der Waals surface area (Å²) >= 11 is 0. The van der Waals surface area contributed by atoms with Gasteiger partial charge >= 0.3 is 6.03 Å². The lowest BCUT2D eigenvalue weighted by atomic mass is 10.1. The summed E-state index contributed by atoms with van der Waals surface area (Å²) in [5, 5.41) is 4.89. The van der Waals surface area contributed by atoms with E-state index in [0.29, 0.717) is 13.2 Å². The highest BCUT2D eigenvalue weighted by atomic mass is 16.5. The summed E-state index contributed by atoms with van der Waals surface area (Å²) in [6.45, 7) is 4.73. The molecule has 116 valence electrons. The Morgan fingerprint density at radius 1 is 1.43 bits per heavy atom. The molecule has 0 radical (unpaired) electrons. The Hall–Kier alpha value is -1.86. The zero-order chi connectivity index (χ0) is 15.2. The molecule has 1 aliphatic heterocycles. The fraction of sp³-hybridized carbons (Fsp3) is 0.571. The molecule has 1 aromatic heterocycles. The predicted octanol–water partition coefficient (Wildman–Crippen LogP) is 0.337. The van der Waals surface area contributed by atoms with Crippen LogP contribution in [-0.4, -0.2) is 54.8 Å². The molecule has 2 rings (SSSR count). The zero-order valence-electron chi connectivity index (χ0n) is 12.5. The normalized spacial score (nSPS) is 18.1. The molecule has 2 heterocycles. The van der Waals surface area contributed by atoms with Gasteiger partial charge in [-0.1, -0.05) is 0 Å². The minimum atomic E-state index is -0.481. The Morgan fingerprint density at radius 3 is 3.00 bits per heavy atom. The topological polar surface area (TPSA) is 75.6 Å². The number of fused-ring (bicyclic) bond motifs is 1. The average Bonchev–Trinajstić information content (AvgIpc) is 2.91. The zero-order valence-corrected chi connectivity index (χ0v) is 12.5. The van der Waals surface area contributed by atoms with Gasteiger partial charge in [-0.2, -0.15) is 0 Å². The van der Waals surface area contributed by atoms with E-state index in [9.17, 15) is 9.59 Å². The second-order valence-corrected chi connectivity index (χ2v) is 5.07. The number of methoxy groups -OCH3 is 1. The number of urea groups is 1. The second kappa shape index (κ2) is 7.24. The third-order valence-electron chi connectivity index (χ3n) is 3.66. The van der Waals surface area contributed by atoms with Crippen molar-refractivity contribution in [1.82, 2.24) is 20.1 Å². The number of carbonyl (C=O) groups excluding carboxylic acids is 2. The first-order valence-corrected chi connectivity index (χ1v) is 7.07. The first kappa shape index (κ1) is 15.5. The molecule has 0 fully saturated rings. The molecule has 1 aromatic rings. The van der Waals surface area contributed by atoms with Crippen LogP contribution in [0.5, 0.6) is 0 Å².